The van der Waals surface area contributed by atoms with Gasteiger partial charge in [-0.2, -0.15) is 0 Å². The number of hydrogen-bond acceptors (Lipinski definition) is 3. The number of amides is 1. The summed E-state index contributed by atoms with van der Waals surface area (Å²) in [6, 6.07) is 13.4. The summed E-state index contributed by atoms with van der Waals surface area (Å²) in [6.45, 7) is 0.437. The van der Waals surface area contributed by atoms with Gasteiger partial charge in [0.1, 0.15) is 12.4 Å². The standard InChI is InChI=1S/C25H29NO3/c27-25(26-28)22-10-7-20(8-11-22)17-29-24-14-13-21-9-5-19(6-12-23(21)16-24)15-18-3-1-2-4-18/h7-8,10-11,13-14,16,18-19H,1-6,9,12,15,17H2. The molecule has 0 radical (unpaired) electrons. The van der Waals surface area contributed by atoms with E-state index in [9.17, 15) is 9.70 Å². The topological polar surface area (TPSA) is 55.7 Å². The van der Waals surface area contributed by atoms with Gasteiger partial charge in [-0.1, -0.05) is 43.9 Å². The van der Waals surface area contributed by atoms with Crippen LogP contribution in [0.5, 0.6) is 5.75 Å². The molecule has 1 amide bonds. The number of rotatable bonds is 6. The van der Waals surface area contributed by atoms with Crippen molar-refractivity contribution in [3.05, 3.63) is 69.6 Å². The Morgan fingerprint density at radius 2 is 1.59 bits per heavy atom. The van der Waals surface area contributed by atoms with E-state index in [4.69, 9.17) is 4.74 Å². The molecule has 2 aliphatic carbocycles. The highest BCUT2D eigenvalue weighted by molar-refractivity contribution is 5.94. The van der Waals surface area contributed by atoms with E-state index >= 15 is 0 Å². The van der Waals surface area contributed by atoms with Crippen LogP contribution in [0.3, 0.4) is 0 Å². The van der Waals surface area contributed by atoms with Crippen LogP contribution >= 0.6 is 0 Å². The number of carbonyl (C=O) groups is 1. The summed E-state index contributed by atoms with van der Waals surface area (Å²) >= 11 is 0. The van der Waals surface area contributed by atoms with Crippen molar-refractivity contribution >= 4 is 5.91 Å². The maximum atomic E-state index is 11.3. The normalized spacial score (nSPS) is 19.4. The highest BCUT2D eigenvalue weighted by Gasteiger charge is 2.22. The molecule has 0 spiro atoms. The minimum atomic E-state index is -0.741. The van der Waals surface area contributed by atoms with E-state index in [1.807, 2.05) is 0 Å². The summed E-state index contributed by atoms with van der Waals surface area (Å²) in [4.78, 5) is 21.6. The molecule has 1 atom stereocenters. The Labute approximate surface area is 172 Å². The average Bonchev–Trinajstić information content (AvgIpc) is 3.19. The quantitative estimate of drug-likeness (QED) is 0.432. The molecule has 0 aromatic heterocycles. The number of nitroso groups, excluding NO2 is 1. The van der Waals surface area contributed by atoms with E-state index < -0.39 is 5.91 Å². The predicted octanol–water partition coefficient (Wildman–Crippen LogP) is 6.25. The molecular weight excluding hydrogens is 362 g/mol. The van der Waals surface area contributed by atoms with Gasteiger partial charge in [0, 0.05) is 10.7 Å². The molecular formula is C25H29NO3. The smallest absolute Gasteiger partial charge is 0.316 e. The lowest BCUT2D eigenvalue weighted by Gasteiger charge is -2.18. The first-order valence-corrected chi connectivity index (χ1v) is 10.9. The summed E-state index contributed by atoms with van der Waals surface area (Å²) in [7, 11) is 0. The molecule has 4 rings (SSSR count). The molecule has 0 aliphatic heterocycles. The van der Waals surface area contributed by atoms with Gasteiger partial charge in [-0.3, -0.25) is 4.79 Å². The monoisotopic (exact) mass is 391 g/mol. The van der Waals surface area contributed by atoms with Crippen molar-refractivity contribution in [1.29, 1.82) is 0 Å². The van der Waals surface area contributed by atoms with Gasteiger partial charge in [0.15, 0.2) is 0 Å². The third kappa shape index (κ3) is 5.11. The molecule has 29 heavy (non-hydrogen) atoms. The molecule has 0 N–H and O–H groups in total. The molecule has 1 unspecified atom stereocenters. The highest BCUT2D eigenvalue weighted by Crippen LogP contribution is 2.36. The van der Waals surface area contributed by atoms with E-state index in [0.29, 0.717) is 12.2 Å². The van der Waals surface area contributed by atoms with Crippen molar-refractivity contribution in [3.8, 4) is 5.75 Å². The highest BCUT2D eigenvalue weighted by atomic mass is 16.5. The molecule has 4 heteroatoms. The van der Waals surface area contributed by atoms with E-state index in [-0.39, 0.29) is 0 Å². The van der Waals surface area contributed by atoms with Gasteiger partial charge in [0.25, 0.3) is 0 Å². The fourth-order valence-electron chi connectivity index (χ4n) is 4.95. The maximum Gasteiger partial charge on any atom is 0.316 e. The van der Waals surface area contributed by atoms with Crippen LogP contribution in [0.15, 0.2) is 47.6 Å². The van der Waals surface area contributed by atoms with Crippen LogP contribution in [0.1, 0.15) is 72.0 Å². The predicted molar refractivity (Wildman–Crippen MR) is 114 cm³/mol. The molecule has 1 saturated carbocycles. The Balaban J connectivity index is 1.33. The summed E-state index contributed by atoms with van der Waals surface area (Å²) in [6.07, 6.45) is 12.2. The van der Waals surface area contributed by atoms with Crippen molar-refractivity contribution < 1.29 is 9.53 Å². The summed E-state index contributed by atoms with van der Waals surface area (Å²) in [5, 5.41) is 2.44. The Kier molecular flexibility index (Phi) is 6.38. The summed E-state index contributed by atoms with van der Waals surface area (Å²) in [5.74, 6) is 2.00. The molecule has 0 saturated heterocycles. The van der Waals surface area contributed by atoms with Gasteiger partial charge in [0.2, 0.25) is 0 Å². The van der Waals surface area contributed by atoms with Crippen LogP contribution < -0.4 is 4.74 Å². The largest absolute Gasteiger partial charge is 0.489 e. The molecule has 0 bridgehead atoms. The van der Waals surface area contributed by atoms with Gasteiger partial charge in [-0.15, -0.1) is 4.91 Å². The van der Waals surface area contributed by atoms with E-state index in [2.05, 4.69) is 23.4 Å². The third-order valence-electron chi connectivity index (χ3n) is 6.65. The molecule has 4 nitrogen and oxygen atoms in total. The molecule has 1 fully saturated rings. The Morgan fingerprint density at radius 1 is 0.897 bits per heavy atom. The second-order valence-electron chi connectivity index (χ2n) is 8.64. The second-order valence-corrected chi connectivity index (χ2v) is 8.64. The SMILES string of the molecule is O=NC(=O)c1ccc(COc2ccc3c(c2)CCC(CC2CCCC2)CC3)cc1. The fraction of sp³-hybridized carbons (Fsp3) is 0.480. The van der Waals surface area contributed by atoms with Gasteiger partial charge in [-0.05, 0) is 84.9 Å². The summed E-state index contributed by atoms with van der Waals surface area (Å²) in [5.41, 5.74) is 4.19. The Morgan fingerprint density at radius 3 is 2.31 bits per heavy atom. The minimum Gasteiger partial charge on any atom is -0.489 e. The lowest BCUT2D eigenvalue weighted by Crippen LogP contribution is -2.07. The number of carbonyl (C=O) groups excluding carboxylic acids is 1. The fourth-order valence-corrected chi connectivity index (χ4v) is 4.95. The van der Waals surface area contributed by atoms with Gasteiger partial charge < -0.3 is 4.74 Å². The first-order valence-electron chi connectivity index (χ1n) is 10.9. The van der Waals surface area contributed by atoms with Gasteiger partial charge >= 0.3 is 5.91 Å². The van der Waals surface area contributed by atoms with Crippen molar-refractivity contribution in [3.63, 3.8) is 0 Å². The molecule has 0 heterocycles. The van der Waals surface area contributed by atoms with Crippen LogP contribution in [-0.4, -0.2) is 5.91 Å². The third-order valence-corrected chi connectivity index (χ3v) is 6.65. The average molecular weight is 392 g/mol. The van der Waals surface area contributed by atoms with E-state index in [1.165, 1.54) is 62.5 Å². The number of benzene rings is 2. The number of nitrogens with zero attached hydrogens (tertiary/aromatic N) is 1. The Hall–Kier alpha value is -2.49. The van der Waals surface area contributed by atoms with Crippen molar-refractivity contribution in [2.24, 2.45) is 17.0 Å². The van der Waals surface area contributed by atoms with Crippen molar-refractivity contribution in [2.45, 2.75) is 64.4 Å². The first-order chi connectivity index (χ1) is 14.2. The van der Waals surface area contributed by atoms with E-state index in [0.717, 1.165) is 29.6 Å². The molecule has 152 valence electrons. The zero-order chi connectivity index (χ0) is 20.1. The van der Waals surface area contributed by atoms with Crippen LogP contribution in [0.25, 0.3) is 0 Å². The van der Waals surface area contributed by atoms with Crippen LogP contribution in [0, 0.1) is 16.7 Å². The van der Waals surface area contributed by atoms with Crippen LogP contribution in [0.4, 0.5) is 0 Å². The molecule has 2 aliphatic rings. The molecule has 2 aromatic carbocycles. The number of hydrogen-bond donors (Lipinski definition) is 0. The lowest BCUT2D eigenvalue weighted by molar-refractivity contribution is 0.100. The second kappa shape index (κ2) is 9.34. The minimum absolute atomic E-state index is 0.306. The maximum absolute atomic E-state index is 11.3. The van der Waals surface area contributed by atoms with E-state index in [1.54, 1.807) is 24.3 Å². The number of ether oxygens (including phenoxy) is 1. The van der Waals surface area contributed by atoms with Crippen molar-refractivity contribution in [2.75, 3.05) is 0 Å². The van der Waals surface area contributed by atoms with Crippen molar-refractivity contribution in [1.82, 2.24) is 0 Å². The zero-order valence-electron chi connectivity index (χ0n) is 16.9. The number of fused-ring (bicyclic) bond motifs is 1. The molecule has 2 aromatic rings. The lowest BCUT2D eigenvalue weighted by atomic mass is 9.88. The first kappa shape index (κ1) is 19.8. The summed E-state index contributed by atoms with van der Waals surface area (Å²) < 4.78 is 5.99. The number of aryl methyl sites for hydroxylation is 2. The van der Waals surface area contributed by atoms with Gasteiger partial charge in [-0.25, -0.2) is 0 Å². The van der Waals surface area contributed by atoms with Crippen LogP contribution in [-0.2, 0) is 19.4 Å². The van der Waals surface area contributed by atoms with Crippen LogP contribution in [0.2, 0.25) is 0 Å². The zero-order valence-corrected chi connectivity index (χ0v) is 16.9. The van der Waals surface area contributed by atoms with Gasteiger partial charge in [0.05, 0.1) is 0 Å². The Bertz CT molecular complexity index is 853.